The molecule has 0 aliphatic carbocycles. The molecule has 0 aromatic heterocycles. The Labute approximate surface area is 147 Å². The van der Waals surface area contributed by atoms with Gasteiger partial charge >= 0.3 is 11.9 Å². The number of aliphatic hydroxyl groups is 1. The van der Waals surface area contributed by atoms with Gasteiger partial charge in [-0.05, 0) is 0 Å². The molecule has 0 bridgehead atoms. The van der Waals surface area contributed by atoms with E-state index in [0.717, 1.165) is 0 Å². The van der Waals surface area contributed by atoms with E-state index in [0.29, 0.717) is 0 Å². The molecule has 0 saturated carbocycles. The van der Waals surface area contributed by atoms with Crippen LogP contribution in [0.25, 0.3) is 0 Å². The molecule has 3 amide bonds. The van der Waals surface area contributed by atoms with Gasteiger partial charge in [-0.15, -0.1) is 0 Å². The summed E-state index contributed by atoms with van der Waals surface area (Å²) >= 11 is 3.87. The van der Waals surface area contributed by atoms with Crippen LogP contribution in [0.15, 0.2) is 0 Å². The lowest BCUT2D eigenvalue weighted by Gasteiger charge is -2.22. The van der Waals surface area contributed by atoms with Crippen LogP contribution < -0.4 is 21.7 Å². The van der Waals surface area contributed by atoms with Crippen molar-refractivity contribution in [1.29, 1.82) is 0 Å². The SMILES string of the molecule is NC(CO)C(=O)NC(CS)C(=O)NC(CC(=O)O)C(=O)NCC(=O)O. The third kappa shape index (κ3) is 8.88. The first kappa shape index (κ1) is 22.6. The number of rotatable bonds is 11. The van der Waals surface area contributed by atoms with Gasteiger partial charge in [0.25, 0.3) is 0 Å². The highest BCUT2D eigenvalue weighted by molar-refractivity contribution is 7.80. The van der Waals surface area contributed by atoms with Gasteiger partial charge < -0.3 is 37.0 Å². The molecule has 0 saturated heterocycles. The fourth-order valence-corrected chi connectivity index (χ4v) is 1.76. The van der Waals surface area contributed by atoms with Crippen molar-refractivity contribution in [2.24, 2.45) is 5.73 Å². The highest BCUT2D eigenvalue weighted by Crippen LogP contribution is 1.97. The van der Waals surface area contributed by atoms with Gasteiger partial charge in [0, 0.05) is 5.75 Å². The van der Waals surface area contributed by atoms with E-state index >= 15 is 0 Å². The Kier molecular flexibility index (Phi) is 10.2. The summed E-state index contributed by atoms with van der Waals surface area (Å²) in [7, 11) is 0. The van der Waals surface area contributed by atoms with Gasteiger partial charge in [-0.2, -0.15) is 12.6 Å². The number of carbonyl (C=O) groups excluding carboxylic acids is 3. The predicted octanol–water partition coefficient (Wildman–Crippen LogP) is -4.12. The molecule has 0 aliphatic heterocycles. The first-order chi connectivity index (χ1) is 11.6. The Bertz CT molecular complexity index is 529. The number of nitrogens with one attached hydrogen (secondary N) is 3. The van der Waals surface area contributed by atoms with Crippen LogP contribution in [0.1, 0.15) is 6.42 Å². The van der Waals surface area contributed by atoms with Crippen molar-refractivity contribution in [3.05, 3.63) is 0 Å². The molecule has 13 heteroatoms. The maximum absolute atomic E-state index is 12.1. The molecule has 0 aromatic carbocycles. The zero-order chi connectivity index (χ0) is 19.6. The molecule has 12 nitrogen and oxygen atoms in total. The van der Waals surface area contributed by atoms with Crippen LogP contribution in [0.5, 0.6) is 0 Å². The van der Waals surface area contributed by atoms with E-state index in [2.05, 4.69) is 23.3 Å². The lowest BCUT2D eigenvalue weighted by molar-refractivity contribution is -0.141. The Morgan fingerprint density at radius 2 is 1.48 bits per heavy atom. The number of hydrogen-bond acceptors (Lipinski definition) is 8. The topological polar surface area (TPSA) is 208 Å². The highest BCUT2D eigenvalue weighted by Gasteiger charge is 2.28. The van der Waals surface area contributed by atoms with Crippen LogP contribution in [-0.4, -0.2) is 82.0 Å². The van der Waals surface area contributed by atoms with Crippen LogP contribution in [0.4, 0.5) is 0 Å². The Balaban J connectivity index is 4.96. The van der Waals surface area contributed by atoms with Gasteiger partial charge in [-0.3, -0.25) is 24.0 Å². The third-order valence-electron chi connectivity index (χ3n) is 2.77. The second kappa shape index (κ2) is 11.2. The summed E-state index contributed by atoms with van der Waals surface area (Å²) in [5.74, 6) is -5.76. The minimum absolute atomic E-state index is 0.202. The number of carboxylic acid groups (broad SMARTS) is 2. The summed E-state index contributed by atoms with van der Waals surface area (Å²) in [6.07, 6.45) is -0.805. The van der Waals surface area contributed by atoms with Gasteiger partial charge in [0.05, 0.1) is 13.0 Å². The fourth-order valence-electron chi connectivity index (χ4n) is 1.50. The Morgan fingerprint density at radius 3 is 1.92 bits per heavy atom. The van der Waals surface area contributed by atoms with Crippen molar-refractivity contribution in [2.75, 3.05) is 18.9 Å². The lowest BCUT2D eigenvalue weighted by atomic mass is 10.1. The minimum atomic E-state index is -1.56. The quantitative estimate of drug-likeness (QED) is 0.163. The van der Waals surface area contributed by atoms with E-state index in [1.807, 2.05) is 5.32 Å². The van der Waals surface area contributed by atoms with E-state index in [1.165, 1.54) is 0 Å². The number of aliphatic hydroxyl groups excluding tert-OH is 1. The van der Waals surface area contributed by atoms with E-state index in [9.17, 15) is 24.0 Å². The van der Waals surface area contributed by atoms with E-state index in [-0.39, 0.29) is 5.75 Å². The number of carboxylic acids is 2. The maximum Gasteiger partial charge on any atom is 0.322 e. The van der Waals surface area contributed by atoms with E-state index < -0.39 is 67.4 Å². The zero-order valence-corrected chi connectivity index (χ0v) is 13.9. The number of nitrogens with two attached hydrogens (primary N) is 1. The molecular formula is C12H20N4O8S. The standard InChI is InChI=1S/C12H20N4O8S/c13-5(3-17)10(22)16-7(4-25)12(24)15-6(1-8(18)19)11(23)14-2-9(20)21/h5-7,17,25H,1-4,13H2,(H,14,23)(H,15,24)(H,16,22)(H,18,19)(H,20,21). The minimum Gasteiger partial charge on any atom is -0.481 e. The van der Waals surface area contributed by atoms with Gasteiger partial charge in [-0.25, -0.2) is 0 Å². The maximum atomic E-state index is 12.1. The second-order valence-electron chi connectivity index (χ2n) is 4.80. The Hall–Kier alpha value is -2.38. The fraction of sp³-hybridized carbons (Fsp3) is 0.583. The molecule has 142 valence electrons. The molecule has 25 heavy (non-hydrogen) atoms. The molecule has 0 fully saturated rings. The van der Waals surface area contributed by atoms with Gasteiger partial charge in [-0.1, -0.05) is 0 Å². The number of aliphatic carboxylic acids is 2. The summed E-state index contributed by atoms with van der Waals surface area (Å²) in [5, 5.41) is 32.3. The van der Waals surface area contributed by atoms with Crippen molar-refractivity contribution in [2.45, 2.75) is 24.5 Å². The summed E-state index contributed by atoms with van der Waals surface area (Å²) in [5.41, 5.74) is 5.29. The van der Waals surface area contributed by atoms with Crippen molar-refractivity contribution >= 4 is 42.3 Å². The van der Waals surface area contributed by atoms with Crippen molar-refractivity contribution < 1.29 is 39.3 Å². The van der Waals surface area contributed by atoms with Crippen LogP contribution in [0, 0.1) is 0 Å². The molecule has 3 atom stereocenters. The molecule has 0 rings (SSSR count). The Morgan fingerprint density at radius 1 is 0.920 bits per heavy atom. The van der Waals surface area contributed by atoms with Crippen molar-refractivity contribution in [3.63, 3.8) is 0 Å². The number of hydrogen-bond donors (Lipinski definition) is 8. The average Bonchev–Trinajstić information content (AvgIpc) is 2.54. The molecular weight excluding hydrogens is 360 g/mol. The molecule has 3 unspecified atom stereocenters. The summed E-state index contributed by atoms with van der Waals surface area (Å²) < 4.78 is 0. The van der Waals surface area contributed by atoms with E-state index in [1.54, 1.807) is 0 Å². The van der Waals surface area contributed by atoms with E-state index in [4.69, 9.17) is 21.1 Å². The average molecular weight is 380 g/mol. The van der Waals surface area contributed by atoms with Crippen LogP contribution >= 0.6 is 12.6 Å². The summed E-state index contributed by atoms with van der Waals surface area (Å²) in [6.45, 7) is -1.42. The molecule has 0 heterocycles. The number of carbonyl (C=O) groups is 5. The monoisotopic (exact) mass is 380 g/mol. The lowest BCUT2D eigenvalue weighted by Crippen LogP contribution is -2.57. The summed E-state index contributed by atoms with van der Waals surface area (Å²) in [6, 6.07) is -4.09. The van der Waals surface area contributed by atoms with Crippen molar-refractivity contribution in [3.8, 4) is 0 Å². The van der Waals surface area contributed by atoms with Crippen LogP contribution in [0.2, 0.25) is 0 Å². The molecule has 0 radical (unpaired) electrons. The smallest absolute Gasteiger partial charge is 0.322 e. The van der Waals surface area contributed by atoms with Gasteiger partial charge in [0.1, 0.15) is 24.7 Å². The number of thiol groups is 1. The van der Waals surface area contributed by atoms with Crippen LogP contribution in [0.3, 0.4) is 0 Å². The van der Waals surface area contributed by atoms with Crippen molar-refractivity contribution in [1.82, 2.24) is 16.0 Å². The zero-order valence-electron chi connectivity index (χ0n) is 13.0. The summed E-state index contributed by atoms with van der Waals surface area (Å²) in [4.78, 5) is 56.7. The van der Waals surface area contributed by atoms with Gasteiger partial charge in [0.2, 0.25) is 17.7 Å². The molecule has 8 N–H and O–H groups in total. The largest absolute Gasteiger partial charge is 0.481 e. The normalized spacial score (nSPS) is 13.9. The molecule has 0 spiro atoms. The number of amides is 3. The van der Waals surface area contributed by atoms with Crippen LogP contribution in [-0.2, 0) is 24.0 Å². The first-order valence-corrected chi connectivity index (χ1v) is 7.54. The molecule has 0 aliphatic rings. The van der Waals surface area contributed by atoms with Gasteiger partial charge in [0.15, 0.2) is 0 Å². The second-order valence-corrected chi connectivity index (χ2v) is 5.17. The highest BCUT2D eigenvalue weighted by atomic mass is 32.1. The third-order valence-corrected chi connectivity index (χ3v) is 3.14. The predicted molar refractivity (Wildman–Crippen MR) is 85.7 cm³/mol. The molecule has 0 aromatic rings. The first-order valence-electron chi connectivity index (χ1n) is 6.91.